The van der Waals surface area contributed by atoms with Crippen molar-refractivity contribution in [3.63, 3.8) is 0 Å². The quantitative estimate of drug-likeness (QED) is 0.186. The smallest absolute Gasteiger partial charge is 0.164 e. The molecule has 0 amide bonds. The van der Waals surface area contributed by atoms with Crippen molar-refractivity contribution in [2.75, 3.05) is 0 Å². The summed E-state index contributed by atoms with van der Waals surface area (Å²) in [5.41, 5.74) is 9.70. The molecular formula is C47H29N3O. The predicted octanol–water partition coefficient (Wildman–Crippen LogP) is 12.3. The summed E-state index contributed by atoms with van der Waals surface area (Å²) < 4.78 is 6.35. The predicted molar refractivity (Wildman–Crippen MR) is 208 cm³/mol. The summed E-state index contributed by atoms with van der Waals surface area (Å²) in [7, 11) is 0. The second-order valence-electron chi connectivity index (χ2n) is 12.8. The molecular weight excluding hydrogens is 623 g/mol. The average Bonchev–Trinajstić information content (AvgIpc) is 3.21. The van der Waals surface area contributed by atoms with Gasteiger partial charge in [0.05, 0.1) is 0 Å². The van der Waals surface area contributed by atoms with Crippen LogP contribution in [0.1, 0.15) is 0 Å². The van der Waals surface area contributed by atoms with Crippen LogP contribution in [0.15, 0.2) is 176 Å². The van der Waals surface area contributed by atoms with Crippen LogP contribution in [0.3, 0.4) is 0 Å². The molecule has 0 N–H and O–H groups in total. The maximum Gasteiger partial charge on any atom is 0.164 e. The summed E-state index contributed by atoms with van der Waals surface area (Å²) in [6.45, 7) is 0. The Morgan fingerprint density at radius 3 is 1.63 bits per heavy atom. The first kappa shape index (κ1) is 29.0. The zero-order chi connectivity index (χ0) is 33.7. The highest BCUT2D eigenvalue weighted by molar-refractivity contribution is 6.05. The molecule has 238 valence electrons. The second kappa shape index (κ2) is 11.9. The molecule has 1 aromatic heterocycles. The molecule has 10 rings (SSSR count). The standard InChI is InChI=1S/C47H29N3O/c1-3-11-31(12-4-1)36-26-27-40(38-18-8-7-17-37(36)38)47-49-45(33-13-5-2-6-14-33)48-46(50-47)34-23-21-30(22-24-34)35-25-28-42-41(29-35)39-19-9-15-32-16-10-20-43(51-42)44(32)39/h1-29H. The van der Waals surface area contributed by atoms with Crippen molar-refractivity contribution in [2.24, 2.45) is 0 Å². The van der Waals surface area contributed by atoms with Crippen LogP contribution in [0, 0.1) is 0 Å². The first-order chi connectivity index (χ1) is 25.3. The summed E-state index contributed by atoms with van der Waals surface area (Å²) in [6, 6.07) is 61.0. The van der Waals surface area contributed by atoms with E-state index in [0.717, 1.165) is 61.0 Å². The SMILES string of the molecule is c1ccc(-c2nc(-c3ccc(-c4ccc5c(c4)-c4cccc6cccc(c46)O5)cc3)nc(-c3ccc(-c4ccccc4)c4ccccc34)n2)cc1. The second-order valence-corrected chi connectivity index (χ2v) is 12.8. The minimum atomic E-state index is 0.628. The van der Waals surface area contributed by atoms with Gasteiger partial charge in [-0.2, -0.15) is 0 Å². The Morgan fingerprint density at radius 1 is 0.314 bits per heavy atom. The topological polar surface area (TPSA) is 47.9 Å². The van der Waals surface area contributed by atoms with Gasteiger partial charge in [0.1, 0.15) is 11.5 Å². The third kappa shape index (κ3) is 5.04. The van der Waals surface area contributed by atoms with Gasteiger partial charge in [-0.15, -0.1) is 0 Å². The van der Waals surface area contributed by atoms with E-state index in [0.29, 0.717) is 17.5 Å². The minimum Gasteiger partial charge on any atom is -0.456 e. The van der Waals surface area contributed by atoms with Crippen LogP contribution in [-0.4, -0.2) is 15.0 Å². The lowest BCUT2D eigenvalue weighted by molar-refractivity contribution is 0.487. The van der Waals surface area contributed by atoms with Gasteiger partial charge in [0.2, 0.25) is 0 Å². The highest BCUT2D eigenvalue weighted by atomic mass is 16.5. The molecule has 51 heavy (non-hydrogen) atoms. The van der Waals surface area contributed by atoms with E-state index in [4.69, 9.17) is 19.7 Å². The fourth-order valence-electron chi connectivity index (χ4n) is 7.26. The lowest BCUT2D eigenvalue weighted by atomic mass is 9.92. The van der Waals surface area contributed by atoms with Gasteiger partial charge in [-0.1, -0.05) is 152 Å². The van der Waals surface area contributed by atoms with Gasteiger partial charge < -0.3 is 4.74 Å². The van der Waals surface area contributed by atoms with Crippen molar-refractivity contribution in [1.29, 1.82) is 0 Å². The van der Waals surface area contributed by atoms with E-state index in [2.05, 4.69) is 127 Å². The van der Waals surface area contributed by atoms with E-state index < -0.39 is 0 Å². The molecule has 0 atom stereocenters. The van der Waals surface area contributed by atoms with Crippen molar-refractivity contribution in [2.45, 2.75) is 0 Å². The van der Waals surface area contributed by atoms with E-state index in [1.54, 1.807) is 0 Å². The Bertz CT molecular complexity index is 2750. The van der Waals surface area contributed by atoms with Gasteiger partial charge in [0.25, 0.3) is 0 Å². The summed E-state index contributed by atoms with van der Waals surface area (Å²) in [4.78, 5) is 15.2. The number of ether oxygens (including phenoxy) is 1. The van der Waals surface area contributed by atoms with E-state index in [-0.39, 0.29) is 0 Å². The van der Waals surface area contributed by atoms with Gasteiger partial charge in [-0.3, -0.25) is 0 Å². The maximum atomic E-state index is 6.35. The molecule has 9 aromatic rings. The third-order valence-electron chi connectivity index (χ3n) is 9.75. The number of hydrogen-bond donors (Lipinski definition) is 0. The van der Waals surface area contributed by atoms with Gasteiger partial charge in [-0.25, -0.2) is 15.0 Å². The van der Waals surface area contributed by atoms with Crippen LogP contribution in [0.5, 0.6) is 11.5 Å². The molecule has 4 heteroatoms. The molecule has 0 spiro atoms. The summed E-state index contributed by atoms with van der Waals surface area (Å²) in [5, 5.41) is 4.59. The first-order valence-electron chi connectivity index (χ1n) is 17.1. The van der Waals surface area contributed by atoms with Crippen LogP contribution < -0.4 is 4.74 Å². The summed E-state index contributed by atoms with van der Waals surface area (Å²) in [6.07, 6.45) is 0. The molecule has 0 radical (unpaired) electrons. The zero-order valence-corrected chi connectivity index (χ0v) is 27.5. The lowest BCUT2D eigenvalue weighted by Crippen LogP contribution is -2.01. The van der Waals surface area contributed by atoms with Gasteiger partial charge in [0.15, 0.2) is 17.5 Å². The summed E-state index contributed by atoms with van der Waals surface area (Å²) in [5.74, 6) is 3.68. The van der Waals surface area contributed by atoms with E-state index in [1.807, 2.05) is 48.5 Å². The molecule has 0 unspecified atom stereocenters. The normalized spacial score (nSPS) is 11.7. The highest BCUT2D eigenvalue weighted by Crippen LogP contribution is 2.47. The van der Waals surface area contributed by atoms with E-state index in [1.165, 1.54) is 22.1 Å². The van der Waals surface area contributed by atoms with Crippen molar-refractivity contribution in [1.82, 2.24) is 15.0 Å². The monoisotopic (exact) mass is 651 g/mol. The van der Waals surface area contributed by atoms with E-state index in [9.17, 15) is 0 Å². The fraction of sp³-hybridized carbons (Fsp3) is 0. The van der Waals surface area contributed by atoms with Crippen molar-refractivity contribution in [3.8, 4) is 79.0 Å². The summed E-state index contributed by atoms with van der Waals surface area (Å²) >= 11 is 0. The molecule has 0 fully saturated rings. The Morgan fingerprint density at radius 2 is 0.882 bits per heavy atom. The molecule has 8 aromatic carbocycles. The number of nitrogens with zero attached hydrogens (tertiary/aromatic N) is 3. The number of rotatable bonds is 5. The first-order valence-corrected chi connectivity index (χ1v) is 17.1. The van der Waals surface area contributed by atoms with Gasteiger partial charge >= 0.3 is 0 Å². The molecule has 0 saturated heterocycles. The fourth-order valence-corrected chi connectivity index (χ4v) is 7.26. The Balaban J connectivity index is 1.07. The Kier molecular flexibility index (Phi) is 6.78. The van der Waals surface area contributed by atoms with Crippen molar-refractivity contribution < 1.29 is 4.74 Å². The molecule has 0 aliphatic carbocycles. The van der Waals surface area contributed by atoms with Crippen LogP contribution in [-0.2, 0) is 0 Å². The number of aromatic nitrogens is 3. The van der Waals surface area contributed by atoms with Gasteiger partial charge in [-0.05, 0) is 68.2 Å². The number of benzene rings is 8. The maximum absolute atomic E-state index is 6.35. The third-order valence-corrected chi connectivity index (χ3v) is 9.75. The van der Waals surface area contributed by atoms with Crippen LogP contribution in [0.2, 0.25) is 0 Å². The molecule has 1 aliphatic heterocycles. The van der Waals surface area contributed by atoms with Crippen LogP contribution in [0.25, 0.3) is 89.1 Å². The Labute approximate surface area is 295 Å². The molecule has 0 bridgehead atoms. The molecule has 1 aliphatic rings. The van der Waals surface area contributed by atoms with Crippen LogP contribution >= 0.6 is 0 Å². The largest absolute Gasteiger partial charge is 0.456 e. The Hall–Kier alpha value is -6.91. The molecule has 0 saturated carbocycles. The highest BCUT2D eigenvalue weighted by Gasteiger charge is 2.21. The van der Waals surface area contributed by atoms with Crippen molar-refractivity contribution >= 4 is 21.5 Å². The average molecular weight is 652 g/mol. The zero-order valence-electron chi connectivity index (χ0n) is 27.5. The van der Waals surface area contributed by atoms with E-state index >= 15 is 0 Å². The molecule has 2 heterocycles. The van der Waals surface area contributed by atoms with Crippen molar-refractivity contribution in [3.05, 3.63) is 176 Å². The number of hydrogen-bond acceptors (Lipinski definition) is 4. The number of fused-ring (bicyclic) bond motifs is 3. The minimum absolute atomic E-state index is 0.628. The van der Waals surface area contributed by atoms with Crippen LogP contribution in [0.4, 0.5) is 0 Å². The molecule has 4 nitrogen and oxygen atoms in total. The van der Waals surface area contributed by atoms with Gasteiger partial charge in [0, 0.05) is 27.6 Å². The lowest BCUT2D eigenvalue weighted by Gasteiger charge is -2.22.